The summed E-state index contributed by atoms with van der Waals surface area (Å²) in [5.41, 5.74) is 0.801. The summed E-state index contributed by atoms with van der Waals surface area (Å²) in [4.78, 5) is 34.9. The maximum atomic E-state index is 12.5. The van der Waals surface area contributed by atoms with Crippen LogP contribution in [0, 0.1) is 21.4 Å². The molecule has 0 aromatic heterocycles. The molecule has 0 radical (unpaired) electrons. The molecule has 1 N–H and O–H groups in total. The van der Waals surface area contributed by atoms with Gasteiger partial charge in [0.05, 0.1) is 16.2 Å². The van der Waals surface area contributed by atoms with Crippen molar-refractivity contribution < 1.29 is 19.2 Å². The number of rotatable bonds is 6. The van der Waals surface area contributed by atoms with Crippen LogP contribution in [-0.2, 0) is 4.79 Å². The second-order valence-electron chi connectivity index (χ2n) is 6.51. The summed E-state index contributed by atoms with van der Waals surface area (Å²) in [6, 6.07) is 18.1. The number of anilines is 1. The number of amides is 1. The first-order chi connectivity index (χ1) is 15.8. The van der Waals surface area contributed by atoms with Gasteiger partial charge in [-0.1, -0.05) is 23.7 Å². The van der Waals surface area contributed by atoms with Gasteiger partial charge in [-0.2, -0.15) is 5.26 Å². The smallest absolute Gasteiger partial charge is 0.343 e. The predicted octanol–water partition coefficient (Wildman–Crippen LogP) is 5.78. The van der Waals surface area contributed by atoms with Gasteiger partial charge in [0.15, 0.2) is 0 Å². The average molecular weight is 527 g/mol. The molecule has 3 rings (SSSR count). The highest BCUT2D eigenvalue weighted by Crippen LogP contribution is 2.27. The Balaban J connectivity index is 1.70. The summed E-state index contributed by atoms with van der Waals surface area (Å²) in [6.45, 7) is 0. The van der Waals surface area contributed by atoms with E-state index in [1.165, 1.54) is 36.4 Å². The van der Waals surface area contributed by atoms with Gasteiger partial charge in [0.25, 0.3) is 11.6 Å². The standard InChI is InChI=1S/C23H13BrClN3O5/c24-20-12-18(28(31)32)7-10-21(20)27-22(29)16(13-26)11-14-1-8-19(9-2-14)33-23(30)15-3-5-17(25)6-4-15/h1-12H,(H,27,29)/b16-11+. The molecule has 164 valence electrons. The zero-order valence-electron chi connectivity index (χ0n) is 16.6. The molecular weight excluding hydrogens is 514 g/mol. The van der Waals surface area contributed by atoms with Crippen molar-refractivity contribution in [3.63, 3.8) is 0 Å². The molecule has 1 amide bonds. The second-order valence-corrected chi connectivity index (χ2v) is 7.80. The molecule has 0 heterocycles. The zero-order valence-corrected chi connectivity index (χ0v) is 19.0. The molecule has 10 heteroatoms. The maximum absolute atomic E-state index is 12.5. The monoisotopic (exact) mass is 525 g/mol. The first-order valence-electron chi connectivity index (χ1n) is 9.21. The van der Waals surface area contributed by atoms with Crippen molar-refractivity contribution in [3.8, 4) is 11.8 Å². The summed E-state index contributed by atoms with van der Waals surface area (Å²) in [7, 11) is 0. The van der Waals surface area contributed by atoms with Crippen LogP contribution in [0.25, 0.3) is 6.08 Å². The van der Waals surface area contributed by atoms with Gasteiger partial charge in [0, 0.05) is 21.6 Å². The molecule has 3 aromatic rings. The molecule has 0 fully saturated rings. The number of carbonyl (C=O) groups excluding carboxylic acids is 2. The number of halogens is 2. The summed E-state index contributed by atoms with van der Waals surface area (Å²) in [5, 5.41) is 23.2. The Morgan fingerprint density at radius 3 is 2.33 bits per heavy atom. The van der Waals surface area contributed by atoms with Crippen molar-refractivity contribution in [2.75, 3.05) is 5.32 Å². The van der Waals surface area contributed by atoms with E-state index < -0.39 is 16.8 Å². The fourth-order valence-corrected chi connectivity index (χ4v) is 3.20. The lowest BCUT2D eigenvalue weighted by Crippen LogP contribution is -2.14. The van der Waals surface area contributed by atoms with Gasteiger partial charge in [-0.3, -0.25) is 14.9 Å². The Bertz CT molecular complexity index is 1300. The van der Waals surface area contributed by atoms with Gasteiger partial charge >= 0.3 is 5.97 Å². The molecule has 0 bridgehead atoms. The molecule has 33 heavy (non-hydrogen) atoms. The quantitative estimate of drug-likeness (QED) is 0.109. The maximum Gasteiger partial charge on any atom is 0.343 e. The SMILES string of the molecule is N#C/C(=C\c1ccc(OC(=O)c2ccc(Cl)cc2)cc1)C(=O)Nc1ccc([N+](=O)[O-])cc1Br. The highest BCUT2D eigenvalue weighted by Gasteiger charge is 2.14. The lowest BCUT2D eigenvalue weighted by molar-refractivity contribution is -0.384. The van der Waals surface area contributed by atoms with Crippen molar-refractivity contribution in [2.24, 2.45) is 0 Å². The number of nitriles is 1. The van der Waals surface area contributed by atoms with E-state index in [4.69, 9.17) is 16.3 Å². The van der Waals surface area contributed by atoms with Gasteiger partial charge in [-0.25, -0.2) is 4.79 Å². The number of hydrogen-bond acceptors (Lipinski definition) is 6. The zero-order chi connectivity index (χ0) is 24.0. The molecule has 0 spiro atoms. The molecule has 0 aliphatic rings. The van der Waals surface area contributed by atoms with E-state index in [-0.39, 0.29) is 22.7 Å². The topological polar surface area (TPSA) is 122 Å². The van der Waals surface area contributed by atoms with E-state index in [1.54, 1.807) is 36.4 Å². The number of ether oxygens (including phenoxy) is 1. The van der Waals surface area contributed by atoms with E-state index in [1.807, 2.05) is 6.07 Å². The van der Waals surface area contributed by atoms with E-state index in [0.29, 0.717) is 20.6 Å². The van der Waals surface area contributed by atoms with Gasteiger partial charge in [-0.05, 0) is 70.0 Å². The van der Waals surface area contributed by atoms with E-state index in [0.717, 1.165) is 0 Å². The third-order valence-electron chi connectivity index (χ3n) is 4.26. The van der Waals surface area contributed by atoms with Crippen LogP contribution in [0.5, 0.6) is 5.75 Å². The summed E-state index contributed by atoms with van der Waals surface area (Å²) >= 11 is 8.96. The van der Waals surface area contributed by atoms with Gasteiger partial charge < -0.3 is 10.1 Å². The number of nitro benzene ring substituents is 1. The molecule has 3 aromatic carbocycles. The number of esters is 1. The van der Waals surface area contributed by atoms with Crippen molar-refractivity contribution in [3.05, 3.63) is 103 Å². The highest BCUT2D eigenvalue weighted by molar-refractivity contribution is 9.10. The number of non-ortho nitro benzene ring substituents is 1. The molecule has 0 atom stereocenters. The van der Waals surface area contributed by atoms with E-state index >= 15 is 0 Å². The fourth-order valence-electron chi connectivity index (χ4n) is 2.61. The van der Waals surface area contributed by atoms with Crippen LogP contribution in [-0.4, -0.2) is 16.8 Å². The Morgan fingerprint density at radius 2 is 1.76 bits per heavy atom. The summed E-state index contributed by atoms with van der Waals surface area (Å²) in [5.74, 6) is -0.962. The molecule has 0 aliphatic carbocycles. The number of nitrogens with one attached hydrogen (secondary N) is 1. The molecular formula is C23H13BrClN3O5. The Morgan fingerprint density at radius 1 is 1.09 bits per heavy atom. The van der Waals surface area contributed by atoms with Crippen molar-refractivity contribution in [2.45, 2.75) is 0 Å². The van der Waals surface area contributed by atoms with Gasteiger partial charge in [0.1, 0.15) is 17.4 Å². The van der Waals surface area contributed by atoms with Crippen LogP contribution in [0.2, 0.25) is 5.02 Å². The first-order valence-corrected chi connectivity index (χ1v) is 10.4. The minimum absolute atomic E-state index is 0.146. The normalized spacial score (nSPS) is 10.8. The molecule has 0 saturated carbocycles. The number of nitro groups is 1. The number of nitrogens with zero attached hydrogens (tertiary/aromatic N) is 2. The molecule has 0 unspecified atom stereocenters. The van der Waals surface area contributed by atoms with Crippen molar-refractivity contribution in [1.82, 2.24) is 0 Å². The second kappa shape index (κ2) is 10.5. The Hall–Kier alpha value is -4.00. The van der Waals surface area contributed by atoms with Crippen molar-refractivity contribution >= 4 is 56.9 Å². The Kier molecular flexibility index (Phi) is 7.56. The lowest BCUT2D eigenvalue weighted by atomic mass is 10.1. The third-order valence-corrected chi connectivity index (χ3v) is 5.17. The highest BCUT2D eigenvalue weighted by atomic mass is 79.9. The Labute approximate surface area is 201 Å². The van der Waals surface area contributed by atoms with Gasteiger partial charge in [-0.15, -0.1) is 0 Å². The van der Waals surface area contributed by atoms with E-state index in [2.05, 4.69) is 21.2 Å². The minimum atomic E-state index is -0.690. The van der Waals surface area contributed by atoms with Gasteiger partial charge in [0.2, 0.25) is 0 Å². The molecule has 0 saturated heterocycles. The third kappa shape index (κ3) is 6.26. The summed E-state index contributed by atoms with van der Waals surface area (Å²) in [6.07, 6.45) is 1.36. The number of benzene rings is 3. The van der Waals surface area contributed by atoms with Crippen molar-refractivity contribution in [1.29, 1.82) is 5.26 Å². The number of hydrogen-bond donors (Lipinski definition) is 1. The minimum Gasteiger partial charge on any atom is -0.423 e. The summed E-state index contributed by atoms with van der Waals surface area (Å²) < 4.78 is 5.59. The first kappa shape index (κ1) is 23.7. The van der Waals surface area contributed by atoms with Crippen LogP contribution in [0.3, 0.4) is 0 Å². The lowest BCUT2D eigenvalue weighted by Gasteiger charge is -2.07. The van der Waals surface area contributed by atoms with Crippen LogP contribution in [0.1, 0.15) is 15.9 Å². The molecule has 0 aliphatic heterocycles. The van der Waals surface area contributed by atoms with Crippen LogP contribution in [0.4, 0.5) is 11.4 Å². The van der Waals surface area contributed by atoms with Crippen LogP contribution >= 0.6 is 27.5 Å². The van der Waals surface area contributed by atoms with Crippen LogP contribution in [0.15, 0.2) is 76.8 Å². The fraction of sp³-hybridized carbons (Fsp3) is 0. The predicted molar refractivity (Wildman–Crippen MR) is 126 cm³/mol. The molecule has 8 nitrogen and oxygen atoms in total. The largest absolute Gasteiger partial charge is 0.423 e. The number of carbonyl (C=O) groups is 2. The average Bonchev–Trinajstić information content (AvgIpc) is 2.80. The van der Waals surface area contributed by atoms with Crippen LogP contribution < -0.4 is 10.1 Å². The van der Waals surface area contributed by atoms with E-state index in [9.17, 15) is 25.0 Å².